The van der Waals surface area contributed by atoms with E-state index < -0.39 is 17.8 Å². The molecule has 0 radical (unpaired) electrons. The molecule has 0 bridgehead atoms. The van der Waals surface area contributed by atoms with Crippen LogP contribution in [0.3, 0.4) is 0 Å². The normalized spacial score (nSPS) is 10.1. The Kier molecular flexibility index (Phi) is 7.00. The molecular formula is C13H16BrFN2O3. The first kappa shape index (κ1) is 16.4. The fourth-order valence-electron chi connectivity index (χ4n) is 1.54. The minimum absolute atomic E-state index is 0.141. The minimum Gasteiger partial charge on any atom is -0.481 e. The number of nitrogens with one attached hydrogen (secondary N) is 2. The molecule has 2 amide bonds. The number of halogens is 2. The van der Waals surface area contributed by atoms with Crippen molar-refractivity contribution in [3.05, 3.63) is 28.5 Å². The van der Waals surface area contributed by atoms with Gasteiger partial charge in [-0.1, -0.05) is 6.42 Å². The molecule has 110 valence electrons. The molecule has 0 atom stereocenters. The highest BCUT2D eigenvalue weighted by Crippen LogP contribution is 2.22. The van der Waals surface area contributed by atoms with E-state index >= 15 is 0 Å². The van der Waals surface area contributed by atoms with Crippen molar-refractivity contribution in [2.45, 2.75) is 25.7 Å². The van der Waals surface area contributed by atoms with Gasteiger partial charge in [-0.25, -0.2) is 9.18 Å². The van der Waals surface area contributed by atoms with Gasteiger partial charge in [-0.3, -0.25) is 4.79 Å². The molecule has 5 nitrogen and oxygen atoms in total. The molecule has 0 aliphatic rings. The van der Waals surface area contributed by atoms with E-state index in [-0.39, 0.29) is 6.42 Å². The number of benzene rings is 1. The third-order valence-corrected chi connectivity index (χ3v) is 3.22. The second kappa shape index (κ2) is 8.52. The monoisotopic (exact) mass is 346 g/mol. The molecule has 0 spiro atoms. The van der Waals surface area contributed by atoms with E-state index in [0.717, 1.165) is 6.42 Å². The van der Waals surface area contributed by atoms with Crippen LogP contribution in [0.5, 0.6) is 0 Å². The highest BCUT2D eigenvalue weighted by Gasteiger charge is 2.06. The van der Waals surface area contributed by atoms with Crippen molar-refractivity contribution in [2.75, 3.05) is 11.9 Å². The van der Waals surface area contributed by atoms with E-state index in [9.17, 15) is 14.0 Å². The lowest BCUT2D eigenvalue weighted by Gasteiger charge is -2.09. The molecule has 1 aromatic rings. The van der Waals surface area contributed by atoms with Crippen LogP contribution in [-0.2, 0) is 4.79 Å². The molecule has 7 heteroatoms. The number of anilines is 1. The van der Waals surface area contributed by atoms with Gasteiger partial charge in [0.1, 0.15) is 5.82 Å². The van der Waals surface area contributed by atoms with Crippen LogP contribution in [-0.4, -0.2) is 23.7 Å². The highest BCUT2D eigenvalue weighted by atomic mass is 79.9. The summed E-state index contributed by atoms with van der Waals surface area (Å²) in [5, 5.41) is 13.6. The van der Waals surface area contributed by atoms with Crippen molar-refractivity contribution in [3.63, 3.8) is 0 Å². The largest absolute Gasteiger partial charge is 0.481 e. The summed E-state index contributed by atoms with van der Waals surface area (Å²) in [6.45, 7) is 0.443. The summed E-state index contributed by atoms with van der Waals surface area (Å²) in [5.41, 5.74) is 0.355. The zero-order valence-corrected chi connectivity index (χ0v) is 12.4. The molecule has 0 aliphatic heterocycles. The highest BCUT2D eigenvalue weighted by molar-refractivity contribution is 9.10. The number of carboxylic acids is 1. The van der Waals surface area contributed by atoms with E-state index in [1.54, 1.807) is 0 Å². The Morgan fingerprint density at radius 3 is 2.70 bits per heavy atom. The fourth-order valence-corrected chi connectivity index (χ4v) is 1.89. The number of carboxylic acid groups (broad SMARTS) is 1. The molecule has 1 aromatic carbocycles. The molecule has 0 saturated carbocycles. The number of hydrogen-bond acceptors (Lipinski definition) is 2. The first-order valence-electron chi connectivity index (χ1n) is 6.20. The van der Waals surface area contributed by atoms with Crippen LogP contribution >= 0.6 is 15.9 Å². The van der Waals surface area contributed by atoms with Crippen LogP contribution in [0.25, 0.3) is 0 Å². The zero-order chi connectivity index (χ0) is 15.0. The molecule has 0 unspecified atom stereocenters. The maximum absolute atomic E-state index is 13.0. The summed E-state index contributed by atoms with van der Waals surface area (Å²) in [4.78, 5) is 21.8. The molecule has 1 rings (SSSR count). The third-order valence-electron chi connectivity index (χ3n) is 2.53. The molecule has 0 aromatic heterocycles. The van der Waals surface area contributed by atoms with Crippen molar-refractivity contribution < 1.29 is 19.1 Å². The summed E-state index contributed by atoms with van der Waals surface area (Å²) in [7, 11) is 0. The summed E-state index contributed by atoms with van der Waals surface area (Å²) >= 11 is 3.21. The maximum atomic E-state index is 13.0. The second-order valence-corrected chi connectivity index (χ2v) is 5.06. The molecular weight excluding hydrogens is 331 g/mol. The smallest absolute Gasteiger partial charge is 0.319 e. The van der Waals surface area contributed by atoms with E-state index in [1.807, 2.05) is 0 Å². The van der Waals surface area contributed by atoms with E-state index in [0.29, 0.717) is 29.5 Å². The van der Waals surface area contributed by atoms with Crippen molar-refractivity contribution >= 4 is 33.6 Å². The first-order valence-corrected chi connectivity index (χ1v) is 7.00. The van der Waals surface area contributed by atoms with Gasteiger partial charge in [-0.2, -0.15) is 0 Å². The number of aliphatic carboxylic acids is 1. The second-order valence-electron chi connectivity index (χ2n) is 4.21. The van der Waals surface area contributed by atoms with Gasteiger partial charge in [0.25, 0.3) is 0 Å². The molecule has 0 saturated heterocycles. The van der Waals surface area contributed by atoms with Gasteiger partial charge >= 0.3 is 12.0 Å². The Hall–Kier alpha value is -1.63. The number of amides is 2. The maximum Gasteiger partial charge on any atom is 0.319 e. The summed E-state index contributed by atoms with van der Waals surface area (Å²) < 4.78 is 13.6. The number of carbonyl (C=O) groups excluding carboxylic acids is 1. The van der Waals surface area contributed by atoms with Crippen LogP contribution in [0.1, 0.15) is 25.7 Å². The standard InChI is InChI=1S/C13H16BrFN2O3/c14-10-6-5-9(15)8-11(10)17-13(20)16-7-3-1-2-4-12(18)19/h5-6,8H,1-4,7H2,(H,18,19)(H2,16,17,20). The zero-order valence-electron chi connectivity index (χ0n) is 10.8. The van der Waals surface area contributed by atoms with Gasteiger partial charge in [0, 0.05) is 17.4 Å². The van der Waals surface area contributed by atoms with Gasteiger partial charge in [0.2, 0.25) is 0 Å². The molecule has 20 heavy (non-hydrogen) atoms. The molecule has 3 N–H and O–H groups in total. The van der Waals surface area contributed by atoms with Crippen LogP contribution in [0.4, 0.5) is 14.9 Å². The topological polar surface area (TPSA) is 78.4 Å². The summed E-state index contributed by atoms with van der Waals surface area (Å²) in [5.74, 6) is -1.25. The lowest BCUT2D eigenvalue weighted by molar-refractivity contribution is -0.137. The van der Waals surface area contributed by atoms with Gasteiger partial charge in [0.05, 0.1) is 5.69 Å². The van der Waals surface area contributed by atoms with Gasteiger partial charge < -0.3 is 15.7 Å². The van der Waals surface area contributed by atoms with E-state index in [4.69, 9.17) is 5.11 Å². The Morgan fingerprint density at radius 1 is 1.25 bits per heavy atom. The summed E-state index contributed by atoms with van der Waals surface area (Å²) in [6, 6.07) is 3.60. The van der Waals surface area contributed by atoms with Crippen molar-refractivity contribution in [2.24, 2.45) is 0 Å². The number of rotatable bonds is 7. The van der Waals surface area contributed by atoms with Crippen LogP contribution in [0, 0.1) is 5.82 Å². The van der Waals surface area contributed by atoms with Crippen molar-refractivity contribution in [1.82, 2.24) is 5.32 Å². The average Bonchev–Trinajstić information content (AvgIpc) is 2.37. The lowest BCUT2D eigenvalue weighted by atomic mass is 10.2. The predicted molar refractivity (Wildman–Crippen MR) is 77.2 cm³/mol. The van der Waals surface area contributed by atoms with Crippen LogP contribution < -0.4 is 10.6 Å². The molecule has 0 aliphatic carbocycles. The van der Waals surface area contributed by atoms with Crippen LogP contribution in [0.2, 0.25) is 0 Å². The number of unbranched alkanes of at least 4 members (excludes halogenated alkanes) is 2. The minimum atomic E-state index is -0.813. The number of urea groups is 1. The van der Waals surface area contributed by atoms with Gasteiger partial charge in [0.15, 0.2) is 0 Å². The SMILES string of the molecule is O=C(O)CCCCCNC(=O)Nc1cc(F)ccc1Br. The van der Waals surface area contributed by atoms with Crippen LogP contribution in [0.15, 0.2) is 22.7 Å². The van der Waals surface area contributed by atoms with E-state index in [1.165, 1.54) is 18.2 Å². The number of hydrogen-bond donors (Lipinski definition) is 3. The van der Waals surface area contributed by atoms with Gasteiger partial charge in [-0.05, 0) is 47.0 Å². The average molecular weight is 347 g/mol. The molecule has 0 heterocycles. The Morgan fingerprint density at radius 2 is 2.00 bits per heavy atom. The van der Waals surface area contributed by atoms with Crippen molar-refractivity contribution in [1.29, 1.82) is 0 Å². The predicted octanol–water partition coefficient (Wildman–Crippen LogP) is 3.35. The molecule has 0 fully saturated rings. The lowest BCUT2D eigenvalue weighted by Crippen LogP contribution is -2.29. The Balaban J connectivity index is 2.23. The number of carbonyl (C=O) groups is 2. The van der Waals surface area contributed by atoms with Gasteiger partial charge in [-0.15, -0.1) is 0 Å². The Labute approximate surface area is 124 Å². The quantitative estimate of drug-likeness (QED) is 0.662. The van der Waals surface area contributed by atoms with E-state index in [2.05, 4.69) is 26.6 Å². The fraction of sp³-hybridized carbons (Fsp3) is 0.385. The Bertz CT molecular complexity index is 483. The summed E-state index contributed by atoms with van der Waals surface area (Å²) in [6.07, 6.45) is 2.16. The van der Waals surface area contributed by atoms with Crippen molar-refractivity contribution in [3.8, 4) is 0 Å². The third kappa shape index (κ3) is 6.51. The first-order chi connectivity index (χ1) is 9.49.